The fourth-order valence-corrected chi connectivity index (χ4v) is 4.73. The maximum Gasteiger partial charge on any atom is 0.0972 e. The lowest BCUT2D eigenvalue weighted by molar-refractivity contribution is 0.313. The van der Waals surface area contributed by atoms with Gasteiger partial charge in [-0.3, -0.25) is 4.90 Å². The van der Waals surface area contributed by atoms with Crippen molar-refractivity contribution < 1.29 is 0 Å². The summed E-state index contributed by atoms with van der Waals surface area (Å²) >= 11 is 1.77. The van der Waals surface area contributed by atoms with Crippen LogP contribution in [0.25, 0.3) is 0 Å². The average molecular weight is 436 g/mol. The van der Waals surface area contributed by atoms with Crippen molar-refractivity contribution in [1.82, 2.24) is 9.88 Å². The molecule has 0 saturated carbocycles. The van der Waals surface area contributed by atoms with Crippen LogP contribution in [-0.2, 0) is 13.0 Å². The summed E-state index contributed by atoms with van der Waals surface area (Å²) in [6.07, 6.45) is 0.920. The molecule has 0 amide bonds. The van der Waals surface area contributed by atoms with E-state index >= 15 is 0 Å². The highest BCUT2D eigenvalue weighted by atomic mass is 35.5. The van der Waals surface area contributed by atoms with Gasteiger partial charge in [0.15, 0.2) is 0 Å². The van der Waals surface area contributed by atoms with Crippen molar-refractivity contribution in [1.29, 1.82) is 0 Å². The van der Waals surface area contributed by atoms with Crippen LogP contribution in [0.3, 0.4) is 0 Å². The molecule has 1 aliphatic rings. The van der Waals surface area contributed by atoms with E-state index in [1.54, 1.807) is 11.3 Å². The maximum absolute atomic E-state index is 6.07. The molecule has 3 nitrogen and oxygen atoms in total. The normalized spacial score (nSPS) is 19.0. The Morgan fingerprint density at radius 2 is 1.64 bits per heavy atom. The second-order valence-electron chi connectivity index (χ2n) is 7.10. The molecule has 1 saturated heterocycles. The highest BCUT2D eigenvalue weighted by molar-refractivity contribution is 7.09. The van der Waals surface area contributed by atoms with Gasteiger partial charge in [0, 0.05) is 37.4 Å². The van der Waals surface area contributed by atoms with Gasteiger partial charge in [-0.05, 0) is 23.6 Å². The number of benzene rings is 2. The Hall–Kier alpha value is -1.43. The molecule has 0 radical (unpaired) electrons. The fraction of sp³-hybridized carbons (Fsp3) is 0.318. The molecule has 0 unspecified atom stereocenters. The summed E-state index contributed by atoms with van der Waals surface area (Å²) in [7, 11) is 0. The van der Waals surface area contributed by atoms with E-state index in [0.717, 1.165) is 32.6 Å². The van der Waals surface area contributed by atoms with Gasteiger partial charge in [0.2, 0.25) is 0 Å². The van der Waals surface area contributed by atoms with Crippen LogP contribution in [-0.4, -0.2) is 29.5 Å². The molecule has 6 heteroatoms. The Balaban J connectivity index is 0.00000140. The number of hydrogen-bond acceptors (Lipinski definition) is 4. The fourth-order valence-electron chi connectivity index (χ4n) is 3.91. The van der Waals surface area contributed by atoms with Crippen molar-refractivity contribution >= 4 is 36.2 Å². The average Bonchev–Trinajstić information content (AvgIpc) is 3.30. The van der Waals surface area contributed by atoms with E-state index < -0.39 is 0 Å². The zero-order chi connectivity index (χ0) is 17.8. The van der Waals surface area contributed by atoms with Crippen LogP contribution in [0.1, 0.15) is 27.7 Å². The molecule has 1 aliphatic heterocycles. The number of hydrogen-bond donors (Lipinski definition) is 1. The third-order valence-corrected chi connectivity index (χ3v) is 6.13. The lowest BCUT2D eigenvalue weighted by Crippen LogP contribution is -2.23. The minimum atomic E-state index is 0. The summed E-state index contributed by atoms with van der Waals surface area (Å²) in [5, 5.41) is 3.41. The first-order chi connectivity index (χ1) is 12.8. The molecule has 0 spiro atoms. The molecule has 28 heavy (non-hydrogen) atoms. The van der Waals surface area contributed by atoms with Crippen molar-refractivity contribution in [3.8, 4) is 0 Å². The predicted molar refractivity (Wildman–Crippen MR) is 123 cm³/mol. The molecule has 2 heterocycles. The minimum Gasteiger partial charge on any atom is -0.330 e. The predicted octanol–water partition coefficient (Wildman–Crippen LogP) is 4.75. The number of nitrogens with zero attached hydrogens (tertiary/aromatic N) is 2. The highest BCUT2D eigenvalue weighted by Gasteiger charge is 2.32. The molecule has 150 valence electrons. The molecule has 1 aromatic heterocycles. The van der Waals surface area contributed by atoms with Crippen molar-refractivity contribution in [2.45, 2.75) is 18.9 Å². The van der Waals surface area contributed by atoms with Crippen molar-refractivity contribution in [3.63, 3.8) is 0 Å². The largest absolute Gasteiger partial charge is 0.330 e. The summed E-state index contributed by atoms with van der Waals surface area (Å²) in [5.41, 5.74) is 9.98. The van der Waals surface area contributed by atoms with Gasteiger partial charge in [0.25, 0.3) is 0 Å². The second kappa shape index (κ2) is 10.9. The van der Waals surface area contributed by atoms with Crippen LogP contribution >= 0.6 is 36.2 Å². The molecular weight excluding hydrogens is 409 g/mol. The Bertz CT molecular complexity index is 826. The van der Waals surface area contributed by atoms with E-state index in [1.165, 1.54) is 21.8 Å². The summed E-state index contributed by atoms with van der Waals surface area (Å²) in [4.78, 5) is 7.37. The summed E-state index contributed by atoms with van der Waals surface area (Å²) < 4.78 is 0. The van der Waals surface area contributed by atoms with E-state index in [-0.39, 0.29) is 24.8 Å². The van der Waals surface area contributed by atoms with Crippen LogP contribution in [0, 0.1) is 5.92 Å². The number of aromatic nitrogens is 1. The van der Waals surface area contributed by atoms with E-state index in [1.807, 2.05) is 0 Å². The molecular formula is C22H27Cl2N3S. The van der Waals surface area contributed by atoms with Gasteiger partial charge in [-0.15, -0.1) is 36.2 Å². The maximum atomic E-state index is 6.07. The van der Waals surface area contributed by atoms with E-state index in [9.17, 15) is 0 Å². The third kappa shape index (κ3) is 5.56. The van der Waals surface area contributed by atoms with E-state index in [4.69, 9.17) is 10.7 Å². The first kappa shape index (κ1) is 22.9. The zero-order valence-corrected chi connectivity index (χ0v) is 18.2. The molecule has 1 fully saturated rings. The number of nitrogens with two attached hydrogens (primary N) is 1. The second-order valence-corrected chi connectivity index (χ2v) is 8.04. The quantitative estimate of drug-likeness (QED) is 0.606. The van der Waals surface area contributed by atoms with Crippen LogP contribution < -0.4 is 5.73 Å². The van der Waals surface area contributed by atoms with Gasteiger partial charge in [0.1, 0.15) is 0 Å². The Labute approximate surface area is 183 Å². The smallest absolute Gasteiger partial charge is 0.0972 e. The summed E-state index contributed by atoms with van der Waals surface area (Å²) in [6.45, 7) is 3.79. The van der Waals surface area contributed by atoms with Crippen LogP contribution in [0.5, 0.6) is 0 Å². The standard InChI is InChI=1S/C22H25N3S.2ClH/c23-12-19-13-25(15-21(19)18-9-5-2-6-10-18)14-20-16-26-22(24-20)11-17-7-3-1-4-8-17;;/h1-10,16,19,21H,11-15,23H2;2*1H/t19-,21+;;/m1../s1. The van der Waals surface area contributed by atoms with Crippen LogP contribution in [0.2, 0.25) is 0 Å². The van der Waals surface area contributed by atoms with E-state index in [0.29, 0.717) is 11.8 Å². The number of rotatable bonds is 6. The molecule has 0 aliphatic carbocycles. The Kier molecular flexibility index (Phi) is 8.93. The van der Waals surface area contributed by atoms with Crippen molar-refractivity contribution in [3.05, 3.63) is 87.9 Å². The number of likely N-dealkylation sites (tertiary alicyclic amines) is 1. The summed E-state index contributed by atoms with van der Waals surface area (Å²) in [5.74, 6) is 1.06. The first-order valence-corrected chi connectivity index (χ1v) is 10.1. The number of halogens is 2. The molecule has 0 bridgehead atoms. The first-order valence-electron chi connectivity index (χ1n) is 9.26. The highest BCUT2D eigenvalue weighted by Crippen LogP contribution is 2.32. The van der Waals surface area contributed by atoms with Crippen LogP contribution in [0.15, 0.2) is 66.0 Å². The lowest BCUT2D eigenvalue weighted by Gasteiger charge is -2.16. The van der Waals surface area contributed by atoms with Gasteiger partial charge >= 0.3 is 0 Å². The Morgan fingerprint density at radius 3 is 2.32 bits per heavy atom. The topological polar surface area (TPSA) is 42.1 Å². The zero-order valence-electron chi connectivity index (χ0n) is 15.7. The van der Waals surface area contributed by atoms with Gasteiger partial charge in [-0.2, -0.15) is 0 Å². The molecule has 4 rings (SSSR count). The van der Waals surface area contributed by atoms with Crippen LogP contribution in [0.4, 0.5) is 0 Å². The third-order valence-electron chi connectivity index (χ3n) is 5.23. The monoisotopic (exact) mass is 435 g/mol. The van der Waals surface area contributed by atoms with Gasteiger partial charge < -0.3 is 5.73 Å². The van der Waals surface area contributed by atoms with Crippen molar-refractivity contribution in [2.24, 2.45) is 11.7 Å². The summed E-state index contributed by atoms with van der Waals surface area (Å²) in [6, 6.07) is 21.4. The molecule has 2 N–H and O–H groups in total. The molecule has 2 aromatic carbocycles. The minimum absolute atomic E-state index is 0. The van der Waals surface area contributed by atoms with Gasteiger partial charge in [0.05, 0.1) is 10.7 Å². The SMILES string of the molecule is Cl.Cl.NC[C@@H]1CN(Cc2csc(Cc3ccccc3)n2)C[C@H]1c1ccccc1. The molecule has 3 aromatic rings. The Morgan fingerprint density at radius 1 is 0.964 bits per heavy atom. The van der Waals surface area contributed by atoms with Gasteiger partial charge in [-0.25, -0.2) is 4.98 Å². The van der Waals surface area contributed by atoms with E-state index in [2.05, 4.69) is 70.9 Å². The van der Waals surface area contributed by atoms with Crippen molar-refractivity contribution in [2.75, 3.05) is 19.6 Å². The number of thiazole rings is 1. The van der Waals surface area contributed by atoms with Gasteiger partial charge in [-0.1, -0.05) is 60.7 Å². The lowest BCUT2D eigenvalue weighted by atomic mass is 9.89. The molecule has 2 atom stereocenters.